The predicted molar refractivity (Wildman–Crippen MR) is 61.2 cm³/mol. The van der Waals surface area contributed by atoms with Crippen molar-refractivity contribution in [2.75, 3.05) is 6.61 Å². The number of imidazole rings is 1. The van der Waals surface area contributed by atoms with Crippen molar-refractivity contribution in [1.82, 2.24) is 9.38 Å². The zero-order valence-corrected chi connectivity index (χ0v) is 9.92. The van der Waals surface area contributed by atoms with Gasteiger partial charge in [0, 0.05) is 12.4 Å². The summed E-state index contributed by atoms with van der Waals surface area (Å²) in [4.78, 5) is 15.5. The van der Waals surface area contributed by atoms with Gasteiger partial charge >= 0.3 is 5.97 Å². The number of halogens is 2. The molecule has 0 amide bonds. The second-order valence-electron chi connectivity index (χ2n) is 3.08. The number of carbonyl (C=O) groups excluding carboxylic acids is 1. The maximum atomic E-state index is 11.4. The lowest BCUT2D eigenvalue weighted by molar-refractivity contribution is 0.0520. The normalized spacial score (nSPS) is 10.7. The fourth-order valence-electron chi connectivity index (χ4n) is 1.33. The van der Waals surface area contributed by atoms with Crippen LogP contribution in [-0.4, -0.2) is 22.0 Å². The fourth-order valence-corrected chi connectivity index (χ4v) is 1.86. The first-order valence-electron chi connectivity index (χ1n) is 4.62. The molecular formula is C10H8Cl2N2O2. The highest BCUT2D eigenvalue weighted by Gasteiger charge is 2.13. The largest absolute Gasteiger partial charge is 0.461 e. The van der Waals surface area contributed by atoms with Gasteiger partial charge in [-0.15, -0.1) is 0 Å². The first kappa shape index (κ1) is 11.2. The molecule has 0 aliphatic carbocycles. The first-order chi connectivity index (χ1) is 7.61. The van der Waals surface area contributed by atoms with E-state index in [0.717, 1.165) is 0 Å². The van der Waals surface area contributed by atoms with Crippen LogP contribution in [0.25, 0.3) is 5.65 Å². The number of rotatable bonds is 2. The van der Waals surface area contributed by atoms with E-state index in [1.54, 1.807) is 23.6 Å². The number of hydrogen-bond acceptors (Lipinski definition) is 3. The SMILES string of the molecule is CCOC(=O)c1cn2cc(Cl)cc(Cl)c2n1. The van der Waals surface area contributed by atoms with Crippen LogP contribution in [-0.2, 0) is 4.74 Å². The summed E-state index contributed by atoms with van der Waals surface area (Å²) in [6, 6.07) is 1.57. The lowest BCUT2D eigenvalue weighted by Crippen LogP contribution is -2.04. The van der Waals surface area contributed by atoms with Gasteiger partial charge in [-0.1, -0.05) is 23.2 Å². The van der Waals surface area contributed by atoms with Crippen molar-refractivity contribution in [3.05, 3.63) is 34.2 Å². The van der Waals surface area contributed by atoms with Crippen molar-refractivity contribution in [1.29, 1.82) is 0 Å². The van der Waals surface area contributed by atoms with Crippen LogP contribution in [0.4, 0.5) is 0 Å². The molecule has 0 fully saturated rings. The summed E-state index contributed by atoms with van der Waals surface area (Å²) in [7, 11) is 0. The predicted octanol–water partition coefficient (Wildman–Crippen LogP) is 2.82. The van der Waals surface area contributed by atoms with Crippen LogP contribution in [0.2, 0.25) is 10.0 Å². The average Bonchev–Trinajstić information content (AvgIpc) is 2.62. The average molecular weight is 259 g/mol. The highest BCUT2D eigenvalue weighted by atomic mass is 35.5. The number of aromatic nitrogens is 2. The van der Waals surface area contributed by atoms with Crippen LogP contribution in [0, 0.1) is 0 Å². The number of ether oxygens (including phenoxy) is 1. The smallest absolute Gasteiger partial charge is 0.358 e. The molecular weight excluding hydrogens is 251 g/mol. The summed E-state index contributed by atoms with van der Waals surface area (Å²) in [6.45, 7) is 2.04. The van der Waals surface area contributed by atoms with E-state index in [4.69, 9.17) is 27.9 Å². The molecule has 84 valence electrons. The van der Waals surface area contributed by atoms with Gasteiger partial charge in [-0.2, -0.15) is 0 Å². The van der Waals surface area contributed by atoms with Gasteiger partial charge in [0.2, 0.25) is 0 Å². The second-order valence-corrected chi connectivity index (χ2v) is 3.93. The van der Waals surface area contributed by atoms with Gasteiger partial charge in [0.25, 0.3) is 0 Å². The highest BCUT2D eigenvalue weighted by Crippen LogP contribution is 2.21. The highest BCUT2D eigenvalue weighted by molar-refractivity contribution is 6.36. The molecule has 0 aromatic carbocycles. The molecule has 0 unspecified atom stereocenters. The summed E-state index contributed by atoms with van der Waals surface area (Å²) in [5.41, 5.74) is 0.695. The van der Waals surface area contributed by atoms with E-state index in [9.17, 15) is 4.79 Å². The Kier molecular flexibility index (Phi) is 3.03. The molecule has 0 saturated carbocycles. The number of hydrogen-bond donors (Lipinski definition) is 0. The Bertz CT molecular complexity index is 551. The monoisotopic (exact) mass is 258 g/mol. The fraction of sp³-hybridized carbons (Fsp3) is 0.200. The van der Waals surface area contributed by atoms with Gasteiger partial charge in [-0.05, 0) is 13.0 Å². The molecule has 0 bridgehead atoms. The third-order valence-corrected chi connectivity index (χ3v) is 2.44. The minimum absolute atomic E-state index is 0.214. The minimum Gasteiger partial charge on any atom is -0.461 e. The molecule has 0 aliphatic heterocycles. The second kappa shape index (κ2) is 4.31. The Labute approximate surface area is 102 Å². The summed E-state index contributed by atoms with van der Waals surface area (Å²) in [6.07, 6.45) is 3.16. The van der Waals surface area contributed by atoms with Crippen LogP contribution >= 0.6 is 23.2 Å². The number of carbonyl (C=O) groups is 1. The van der Waals surface area contributed by atoms with Crippen molar-refractivity contribution < 1.29 is 9.53 Å². The number of fused-ring (bicyclic) bond motifs is 1. The van der Waals surface area contributed by atoms with E-state index in [-0.39, 0.29) is 5.69 Å². The molecule has 2 heterocycles. The van der Waals surface area contributed by atoms with Crippen LogP contribution in [0.15, 0.2) is 18.5 Å². The Morgan fingerprint density at radius 3 is 2.94 bits per heavy atom. The van der Waals surface area contributed by atoms with Gasteiger partial charge in [0.15, 0.2) is 11.3 Å². The molecule has 0 radical (unpaired) electrons. The Morgan fingerprint density at radius 1 is 1.50 bits per heavy atom. The van der Waals surface area contributed by atoms with Gasteiger partial charge in [0.1, 0.15) is 0 Å². The zero-order chi connectivity index (χ0) is 11.7. The van der Waals surface area contributed by atoms with Gasteiger partial charge < -0.3 is 9.14 Å². The third-order valence-electron chi connectivity index (χ3n) is 1.96. The van der Waals surface area contributed by atoms with Crippen LogP contribution in [0.3, 0.4) is 0 Å². The number of nitrogens with zero attached hydrogens (tertiary/aromatic N) is 2. The van der Waals surface area contributed by atoms with Crippen LogP contribution < -0.4 is 0 Å². The summed E-state index contributed by atoms with van der Waals surface area (Å²) in [5.74, 6) is -0.474. The molecule has 0 atom stereocenters. The van der Waals surface area contributed by atoms with Gasteiger partial charge in [-0.3, -0.25) is 0 Å². The first-order valence-corrected chi connectivity index (χ1v) is 5.38. The maximum Gasteiger partial charge on any atom is 0.358 e. The molecule has 6 heteroatoms. The molecule has 2 aromatic rings. The molecule has 0 spiro atoms. The summed E-state index contributed by atoms with van der Waals surface area (Å²) in [5, 5.41) is 0.869. The van der Waals surface area contributed by atoms with Gasteiger partial charge in [0.05, 0.1) is 16.7 Å². The lowest BCUT2D eigenvalue weighted by Gasteiger charge is -1.95. The van der Waals surface area contributed by atoms with E-state index in [1.807, 2.05) is 0 Å². The number of pyridine rings is 1. The Hall–Kier alpha value is -1.26. The molecule has 4 nitrogen and oxygen atoms in total. The van der Waals surface area contributed by atoms with E-state index in [1.165, 1.54) is 6.20 Å². The molecule has 2 rings (SSSR count). The molecule has 0 N–H and O–H groups in total. The van der Waals surface area contributed by atoms with Crippen molar-refractivity contribution in [2.24, 2.45) is 0 Å². The standard InChI is InChI=1S/C10H8Cl2N2O2/c1-2-16-10(15)8-5-14-4-6(11)3-7(12)9(14)13-8/h3-5H,2H2,1H3. The molecule has 16 heavy (non-hydrogen) atoms. The van der Waals surface area contributed by atoms with E-state index < -0.39 is 5.97 Å². The zero-order valence-electron chi connectivity index (χ0n) is 8.41. The third kappa shape index (κ3) is 1.99. The Morgan fingerprint density at radius 2 is 2.25 bits per heavy atom. The maximum absolute atomic E-state index is 11.4. The van der Waals surface area contributed by atoms with Crippen molar-refractivity contribution in [3.8, 4) is 0 Å². The topological polar surface area (TPSA) is 43.6 Å². The minimum atomic E-state index is -0.474. The lowest BCUT2D eigenvalue weighted by atomic mass is 10.5. The van der Waals surface area contributed by atoms with Gasteiger partial charge in [-0.25, -0.2) is 9.78 Å². The summed E-state index contributed by atoms with van der Waals surface area (Å²) < 4.78 is 6.43. The van der Waals surface area contributed by atoms with E-state index >= 15 is 0 Å². The molecule has 0 aliphatic rings. The van der Waals surface area contributed by atoms with Crippen molar-refractivity contribution in [3.63, 3.8) is 0 Å². The number of esters is 1. The van der Waals surface area contributed by atoms with Crippen molar-refractivity contribution in [2.45, 2.75) is 6.92 Å². The van der Waals surface area contributed by atoms with E-state index in [2.05, 4.69) is 4.98 Å². The van der Waals surface area contributed by atoms with Crippen LogP contribution in [0.1, 0.15) is 17.4 Å². The molecule has 0 saturated heterocycles. The Balaban J connectivity index is 2.51. The summed E-state index contributed by atoms with van der Waals surface area (Å²) >= 11 is 11.8. The quantitative estimate of drug-likeness (QED) is 0.779. The molecule has 2 aromatic heterocycles. The van der Waals surface area contributed by atoms with Crippen LogP contribution in [0.5, 0.6) is 0 Å². The van der Waals surface area contributed by atoms with E-state index in [0.29, 0.717) is 22.3 Å². The van der Waals surface area contributed by atoms with Crippen molar-refractivity contribution >= 4 is 34.8 Å².